The Morgan fingerprint density at radius 3 is 2.67 bits per heavy atom. The highest BCUT2D eigenvalue weighted by Gasteiger charge is 2.03. The molecule has 0 saturated heterocycles. The van der Waals surface area contributed by atoms with Crippen LogP contribution in [0, 0.1) is 12.7 Å². The zero-order chi connectivity index (χ0) is 15.1. The van der Waals surface area contributed by atoms with Crippen LogP contribution >= 0.6 is 11.8 Å². The van der Waals surface area contributed by atoms with Crippen LogP contribution in [0.4, 0.5) is 4.39 Å². The summed E-state index contributed by atoms with van der Waals surface area (Å²) in [5, 5.41) is 3.69. The molecule has 1 heterocycles. The Morgan fingerprint density at radius 2 is 2.00 bits per heavy atom. The first-order valence-electron chi connectivity index (χ1n) is 6.70. The Labute approximate surface area is 128 Å². The zero-order valence-corrected chi connectivity index (χ0v) is 12.6. The molecule has 5 heteroatoms. The number of hydrogen-bond donors (Lipinski definition) is 1. The molecule has 1 N–H and O–H groups in total. The van der Waals surface area contributed by atoms with Gasteiger partial charge < -0.3 is 5.32 Å². The van der Waals surface area contributed by atoms with Crippen molar-refractivity contribution in [2.24, 2.45) is 0 Å². The number of nitrogens with zero attached hydrogens (tertiary/aromatic N) is 1. The van der Waals surface area contributed by atoms with E-state index < -0.39 is 0 Å². The maximum absolute atomic E-state index is 12.7. The number of benzene rings is 1. The van der Waals surface area contributed by atoms with Gasteiger partial charge in [-0.2, -0.15) is 0 Å². The minimum atomic E-state index is -0.246. The van der Waals surface area contributed by atoms with Crippen molar-refractivity contribution in [3.05, 3.63) is 59.5 Å². The van der Waals surface area contributed by atoms with E-state index in [4.69, 9.17) is 0 Å². The average Bonchev–Trinajstić information content (AvgIpc) is 2.49. The fraction of sp³-hybridized carbons (Fsp3) is 0.250. The lowest BCUT2D eigenvalue weighted by molar-refractivity contribution is -0.118. The molecule has 0 unspecified atom stereocenters. The summed E-state index contributed by atoms with van der Waals surface area (Å²) in [6.45, 7) is 2.52. The van der Waals surface area contributed by atoms with Gasteiger partial charge >= 0.3 is 0 Å². The number of hydrogen-bond acceptors (Lipinski definition) is 3. The van der Waals surface area contributed by atoms with Gasteiger partial charge in [0.2, 0.25) is 5.91 Å². The Balaban J connectivity index is 1.67. The highest BCUT2D eigenvalue weighted by atomic mass is 32.2. The van der Waals surface area contributed by atoms with E-state index in [1.165, 1.54) is 23.9 Å². The van der Waals surface area contributed by atoms with E-state index in [-0.39, 0.29) is 11.7 Å². The highest BCUT2D eigenvalue weighted by molar-refractivity contribution is 7.99. The van der Waals surface area contributed by atoms with Crippen molar-refractivity contribution >= 4 is 17.7 Å². The Kier molecular flexibility index (Phi) is 5.75. The highest BCUT2D eigenvalue weighted by Crippen LogP contribution is 2.14. The maximum Gasteiger partial charge on any atom is 0.230 e. The van der Waals surface area contributed by atoms with Crippen molar-refractivity contribution in [3.63, 3.8) is 0 Å². The summed E-state index contributed by atoms with van der Waals surface area (Å²) in [5.41, 5.74) is 2.10. The van der Waals surface area contributed by atoms with E-state index in [1.54, 1.807) is 18.3 Å². The van der Waals surface area contributed by atoms with Gasteiger partial charge in [0.25, 0.3) is 0 Å². The maximum atomic E-state index is 12.7. The minimum Gasteiger partial charge on any atom is -0.355 e. The van der Waals surface area contributed by atoms with Crippen LogP contribution in [-0.4, -0.2) is 23.2 Å². The summed E-state index contributed by atoms with van der Waals surface area (Å²) in [6.07, 6.45) is 2.48. The molecule has 1 amide bonds. The van der Waals surface area contributed by atoms with Crippen LogP contribution < -0.4 is 5.32 Å². The number of nitrogens with one attached hydrogen (secondary N) is 1. The molecule has 3 nitrogen and oxygen atoms in total. The van der Waals surface area contributed by atoms with Crippen LogP contribution in [0.2, 0.25) is 0 Å². The van der Waals surface area contributed by atoms with Crippen LogP contribution in [0.15, 0.2) is 47.6 Å². The lowest BCUT2D eigenvalue weighted by Crippen LogP contribution is -2.27. The molecule has 0 bridgehead atoms. The summed E-state index contributed by atoms with van der Waals surface area (Å²) in [5.74, 6) is 0.0775. The van der Waals surface area contributed by atoms with Gasteiger partial charge in [-0.15, -0.1) is 0 Å². The molecular formula is C16H17FN2OS. The lowest BCUT2D eigenvalue weighted by Gasteiger charge is -2.05. The predicted octanol–water partition coefficient (Wildman–Crippen LogP) is 2.98. The number of aryl methyl sites for hydroxylation is 1. The van der Waals surface area contributed by atoms with Gasteiger partial charge in [-0.3, -0.25) is 4.79 Å². The molecular weight excluding hydrogens is 287 g/mol. The van der Waals surface area contributed by atoms with Gasteiger partial charge in [0.15, 0.2) is 0 Å². The smallest absolute Gasteiger partial charge is 0.230 e. The van der Waals surface area contributed by atoms with Gasteiger partial charge in [-0.25, -0.2) is 9.37 Å². The first kappa shape index (κ1) is 15.5. The Bertz CT molecular complexity index is 584. The van der Waals surface area contributed by atoms with Gasteiger partial charge in [-0.05, 0) is 42.7 Å². The molecule has 0 fully saturated rings. The average molecular weight is 304 g/mol. The summed E-state index contributed by atoms with van der Waals surface area (Å²) < 4.78 is 12.7. The number of halogens is 1. The minimum absolute atomic E-state index is 0.0236. The van der Waals surface area contributed by atoms with Crippen molar-refractivity contribution in [3.8, 4) is 0 Å². The quantitative estimate of drug-likeness (QED) is 0.834. The number of carbonyl (C=O) groups excluding carboxylic acids is 1. The number of pyridine rings is 1. The van der Waals surface area contributed by atoms with Crippen molar-refractivity contribution < 1.29 is 9.18 Å². The largest absolute Gasteiger partial charge is 0.355 e. The first-order chi connectivity index (χ1) is 10.1. The third-order valence-electron chi connectivity index (χ3n) is 2.88. The molecule has 1 aromatic heterocycles. The van der Waals surface area contributed by atoms with Gasteiger partial charge in [0, 0.05) is 12.7 Å². The number of amides is 1. The van der Waals surface area contributed by atoms with Crippen molar-refractivity contribution in [1.82, 2.24) is 10.3 Å². The number of thioether (sulfide) groups is 1. The summed E-state index contributed by atoms with van der Waals surface area (Å²) in [4.78, 5) is 15.9. The van der Waals surface area contributed by atoms with Gasteiger partial charge in [0.1, 0.15) is 5.82 Å². The van der Waals surface area contributed by atoms with Crippen molar-refractivity contribution in [1.29, 1.82) is 0 Å². The molecule has 0 aliphatic rings. The number of rotatable bonds is 6. The van der Waals surface area contributed by atoms with Gasteiger partial charge in [0.05, 0.1) is 10.8 Å². The van der Waals surface area contributed by atoms with Crippen LogP contribution in [0.25, 0.3) is 0 Å². The molecule has 110 valence electrons. The lowest BCUT2D eigenvalue weighted by atomic mass is 10.1. The summed E-state index contributed by atoms with van der Waals surface area (Å²) in [6, 6.07) is 10.2. The molecule has 1 aromatic carbocycles. The monoisotopic (exact) mass is 304 g/mol. The molecule has 0 aliphatic heterocycles. The molecule has 0 saturated carbocycles. The standard InChI is InChI=1S/C16H17FN2OS/c1-12-2-7-16(19-10-12)21-11-15(20)18-9-8-13-3-5-14(17)6-4-13/h2-7,10H,8-9,11H2,1H3,(H,18,20). The van der Waals surface area contributed by atoms with E-state index in [1.807, 2.05) is 19.1 Å². The Hall–Kier alpha value is -1.88. The second kappa shape index (κ2) is 7.78. The number of aromatic nitrogens is 1. The van der Waals surface area contributed by atoms with E-state index in [9.17, 15) is 9.18 Å². The van der Waals surface area contributed by atoms with Crippen LogP contribution in [-0.2, 0) is 11.2 Å². The normalized spacial score (nSPS) is 10.4. The molecule has 0 radical (unpaired) electrons. The zero-order valence-electron chi connectivity index (χ0n) is 11.8. The predicted molar refractivity (Wildman–Crippen MR) is 82.8 cm³/mol. The van der Waals surface area contributed by atoms with Crippen molar-refractivity contribution in [2.45, 2.75) is 18.4 Å². The van der Waals surface area contributed by atoms with Gasteiger partial charge in [-0.1, -0.05) is 30.0 Å². The van der Waals surface area contributed by atoms with Crippen LogP contribution in [0.5, 0.6) is 0 Å². The molecule has 21 heavy (non-hydrogen) atoms. The van der Waals surface area contributed by atoms with E-state index in [0.29, 0.717) is 18.7 Å². The SMILES string of the molecule is Cc1ccc(SCC(=O)NCCc2ccc(F)cc2)nc1. The first-order valence-corrected chi connectivity index (χ1v) is 7.68. The number of carbonyl (C=O) groups is 1. The van der Waals surface area contributed by atoms with E-state index >= 15 is 0 Å². The Morgan fingerprint density at radius 1 is 1.24 bits per heavy atom. The molecule has 0 spiro atoms. The summed E-state index contributed by atoms with van der Waals surface area (Å²) >= 11 is 1.41. The molecule has 0 atom stereocenters. The van der Waals surface area contributed by atoms with Crippen molar-refractivity contribution in [2.75, 3.05) is 12.3 Å². The topological polar surface area (TPSA) is 42.0 Å². The van der Waals surface area contributed by atoms with Crippen LogP contribution in [0.3, 0.4) is 0 Å². The second-order valence-electron chi connectivity index (χ2n) is 4.69. The molecule has 2 rings (SSSR count). The van der Waals surface area contributed by atoms with E-state index in [0.717, 1.165) is 16.2 Å². The second-order valence-corrected chi connectivity index (χ2v) is 5.68. The van der Waals surface area contributed by atoms with Crippen LogP contribution in [0.1, 0.15) is 11.1 Å². The molecule has 2 aromatic rings. The third kappa shape index (κ3) is 5.55. The van der Waals surface area contributed by atoms with E-state index in [2.05, 4.69) is 10.3 Å². The third-order valence-corrected chi connectivity index (χ3v) is 3.83. The summed E-state index contributed by atoms with van der Waals surface area (Å²) in [7, 11) is 0. The fourth-order valence-electron chi connectivity index (χ4n) is 1.73. The fourth-order valence-corrected chi connectivity index (χ4v) is 2.40. The molecule has 0 aliphatic carbocycles.